The van der Waals surface area contributed by atoms with Crippen LogP contribution in [0.2, 0.25) is 0 Å². The van der Waals surface area contributed by atoms with Crippen molar-refractivity contribution in [3.8, 4) is 0 Å². The zero-order valence-electron chi connectivity index (χ0n) is 21.3. The van der Waals surface area contributed by atoms with Gasteiger partial charge in [-0.2, -0.15) is 0 Å². The van der Waals surface area contributed by atoms with Crippen LogP contribution in [0, 0.1) is 5.92 Å². The number of benzene rings is 3. The van der Waals surface area contributed by atoms with Crippen molar-refractivity contribution in [3.63, 3.8) is 0 Å². The largest absolute Gasteiger partial charge is 0.371 e. The van der Waals surface area contributed by atoms with Crippen LogP contribution in [0.1, 0.15) is 47.2 Å². The van der Waals surface area contributed by atoms with E-state index in [1.807, 2.05) is 53.4 Å². The van der Waals surface area contributed by atoms with Crippen molar-refractivity contribution in [2.75, 3.05) is 36.4 Å². The minimum atomic E-state index is -0.210. The lowest BCUT2D eigenvalue weighted by atomic mass is 9.89. The highest BCUT2D eigenvalue weighted by Gasteiger charge is 2.27. The van der Waals surface area contributed by atoms with Gasteiger partial charge in [0.2, 0.25) is 5.91 Å². The zero-order chi connectivity index (χ0) is 25.5. The molecule has 2 fully saturated rings. The van der Waals surface area contributed by atoms with Gasteiger partial charge in [-0.15, -0.1) is 0 Å². The van der Waals surface area contributed by atoms with Crippen molar-refractivity contribution in [1.29, 1.82) is 0 Å². The zero-order valence-corrected chi connectivity index (χ0v) is 21.3. The molecule has 0 spiro atoms. The van der Waals surface area contributed by atoms with Gasteiger partial charge in [0.05, 0.1) is 5.56 Å². The standard InChI is InChI=1S/C32H35N3O2/c36-31(16-13-25-9-3-1-4-10-25)33-28-14-15-30(29(24-28)32(37)35-19-7-8-20-35)34-21-17-27(18-22-34)23-26-11-5-2-6-12-26/h1-6,9-16,24,27H,7-8,17-23H2,(H,33,36). The molecule has 3 aromatic rings. The molecule has 5 rings (SSSR count). The molecule has 2 saturated heterocycles. The van der Waals surface area contributed by atoms with Crippen LogP contribution in [-0.4, -0.2) is 42.9 Å². The monoisotopic (exact) mass is 493 g/mol. The molecule has 37 heavy (non-hydrogen) atoms. The summed E-state index contributed by atoms with van der Waals surface area (Å²) in [5, 5.41) is 2.95. The SMILES string of the molecule is O=C(C=Cc1ccccc1)Nc1ccc(N2CCC(Cc3ccccc3)CC2)c(C(=O)N2CCCC2)c1. The molecule has 0 aromatic heterocycles. The average molecular weight is 494 g/mol. The van der Waals surface area contributed by atoms with Crippen LogP contribution in [0.4, 0.5) is 11.4 Å². The summed E-state index contributed by atoms with van der Waals surface area (Å²) in [6, 6.07) is 26.2. The summed E-state index contributed by atoms with van der Waals surface area (Å²) in [4.78, 5) is 30.4. The van der Waals surface area contributed by atoms with Crippen LogP contribution >= 0.6 is 0 Å². The van der Waals surface area contributed by atoms with Gasteiger partial charge in [0, 0.05) is 43.6 Å². The van der Waals surface area contributed by atoms with Gasteiger partial charge in [-0.05, 0) is 73.4 Å². The molecule has 0 atom stereocenters. The topological polar surface area (TPSA) is 52.7 Å². The van der Waals surface area contributed by atoms with Crippen molar-refractivity contribution in [2.45, 2.75) is 32.1 Å². The Morgan fingerprint density at radius 3 is 2.22 bits per heavy atom. The van der Waals surface area contributed by atoms with Crippen molar-refractivity contribution >= 4 is 29.3 Å². The molecular weight excluding hydrogens is 458 g/mol. The van der Waals surface area contributed by atoms with Gasteiger partial charge < -0.3 is 15.1 Å². The summed E-state index contributed by atoms with van der Waals surface area (Å²) >= 11 is 0. The highest BCUT2D eigenvalue weighted by molar-refractivity contribution is 6.05. The van der Waals surface area contributed by atoms with E-state index in [-0.39, 0.29) is 11.8 Å². The first-order valence-electron chi connectivity index (χ1n) is 13.4. The summed E-state index contributed by atoms with van der Waals surface area (Å²) in [6.45, 7) is 3.47. The minimum absolute atomic E-state index is 0.0647. The quantitative estimate of drug-likeness (QED) is 0.409. The van der Waals surface area contributed by atoms with Crippen LogP contribution < -0.4 is 10.2 Å². The molecule has 0 aliphatic carbocycles. The molecule has 3 aromatic carbocycles. The Labute approximate surface area is 219 Å². The minimum Gasteiger partial charge on any atom is -0.371 e. The number of hydrogen-bond donors (Lipinski definition) is 1. The van der Waals surface area contributed by atoms with Crippen molar-refractivity contribution < 1.29 is 9.59 Å². The van der Waals surface area contributed by atoms with Crippen LogP contribution in [-0.2, 0) is 11.2 Å². The van der Waals surface area contributed by atoms with E-state index >= 15 is 0 Å². The number of carbonyl (C=O) groups excluding carboxylic acids is 2. The van der Waals surface area contributed by atoms with E-state index in [1.165, 1.54) is 11.6 Å². The number of anilines is 2. The molecule has 5 heteroatoms. The van der Waals surface area contributed by atoms with E-state index in [0.717, 1.165) is 69.5 Å². The summed E-state index contributed by atoms with van der Waals surface area (Å²) in [5.74, 6) is 0.513. The Morgan fingerprint density at radius 2 is 1.51 bits per heavy atom. The second-order valence-corrected chi connectivity index (χ2v) is 10.1. The van der Waals surface area contributed by atoms with E-state index in [9.17, 15) is 9.59 Å². The maximum atomic E-state index is 13.5. The fourth-order valence-electron chi connectivity index (χ4n) is 5.40. The van der Waals surface area contributed by atoms with Gasteiger partial charge in [-0.3, -0.25) is 9.59 Å². The number of carbonyl (C=O) groups is 2. The van der Waals surface area contributed by atoms with E-state index in [4.69, 9.17) is 0 Å². The van der Waals surface area contributed by atoms with Gasteiger partial charge in [0.25, 0.3) is 5.91 Å². The normalized spacial score (nSPS) is 16.3. The fraction of sp³-hybridized carbons (Fsp3) is 0.312. The molecule has 0 radical (unpaired) electrons. The van der Waals surface area contributed by atoms with Crippen LogP contribution in [0.15, 0.2) is 84.9 Å². The van der Waals surface area contributed by atoms with Crippen molar-refractivity contribution in [3.05, 3.63) is 102 Å². The van der Waals surface area contributed by atoms with E-state index in [2.05, 4.69) is 40.5 Å². The second kappa shape index (κ2) is 11.9. The van der Waals surface area contributed by atoms with Gasteiger partial charge in [0.1, 0.15) is 0 Å². The predicted molar refractivity (Wildman–Crippen MR) is 151 cm³/mol. The van der Waals surface area contributed by atoms with Crippen LogP contribution in [0.25, 0.3) is 6.08 Å². The lowest BCUT2D eigenvalue weighted by molar-refractivity contribution is -0.111. The molecular formula is C32H35N3O2. The highest BCUT2D eigenvalue weighted by atomic mass is 16.2. The molecule has 0 bridgehead atoms. The predicted octanol–water partition coefficient (Wildman–Crippen LogP) is 6.03. The highest BCUT2D eigenvalue weighted by Crippen LogP contribution is 2.31. The molecule has 0 saturated carbocycles. The molecule has 2 aliphatic rings. The molecule has 0 unspecified atom stereocenters. The van der Waals surface area contributed by atoms with Crippen LogP contribution in [0.5, 0.6) is 0 Å². The first-order chi connectivity index (χ1) is 18.2. The van der Waals surface area contributed by atoms with Gasteiger partial charge in [-0.25, -0.2) is 0 Å². The van der Waals surface area contributed by atoms with E-state index in [1.54, 1.807) is 6.08 Å². The number of likely N-dealkylation sites (tertiary alicyclic amines) is 1. The Morgan fingerprint density at radius 1 is 0.838 bits per heavy atom. The number of rotatable bonds is 7. The maximum absolute atomic E-state index is 13.5. The van der Waals surface area contributed by atoms with Gasteiger partial charge in [-0.1, -0.05) is 60.7 Å². The maximum Gasteiger partial charge on any atom is 0.256 e. The fourth-order valence-corrected chi connectivity index (χ4v) is 5.40. The molecule has 5 nitrogen and oxygen atoms in total. The smallest absolute Gasteiger partial charge is 0.256 e. The molecule has 2 amide bonds. The van der Waals surface area contributed by atoms with Crippen molar-refractivity contribution in [2.24, 2.45) is 5.92 Å². The third-order valence-corrected chi connectivity index (χ3v) is 7.44. The third-order valence-electron chi connectivity index (χ3n) is 7.44. The lowest BCUT2D eigenvalue weighted by Gasteiger charge is -2.35. The summed E-state index contributed by atoms with van der Waals surface area (Å²) in [6.07, 6.45) is 8.74. The third kappa shape index (κ3) is 6.48. The Bertz CT molecular complexity index is 1230. The van der Waals surface area contributed by atoms with E-state index < -0.39 is 0 Å². The Kier molecular flexibility index (Phi) is 7.99. The summed E-state index contributed by atoms with van der Waals surface area (Å²) < 4.78 is 0. The summed E-state index contributed by atoms with van der Waals surface area (Å²) in [7, 11) is 0. The number of amides is 2. The van der Waals surface area contributed by atoms with E-state index in [0.29, 0.717) is 17.2 Å². The Hall–Kier alpha value is -3.86. The molecule has 2 aliphatic heterocycles. The van der Waals surface area contributed by atoms with Crippen molar-refractivity contribution in [1.82, 2.24) is 4.90 Å². The first kappa shape index (κ1) is 24.8. The number of nitrogens with zero attached hydrogens (tertiary/aromatic N) is 2. The number of nitrogens with one attached hydrogen (secondary N) is 1. The second-order valence-electron chi connectivity index (χ2n) is 10.1. The lowest BCUT2D eigenvalue weighted by Crippen LogP contribution is -2.36. The average Bonchev–Trinajstić information content (AvgIpc) is 3.48. The van der Waals surface area contributed by atoms with Gasteiger partial charge in [0.15, 0.2) is 0 Å². The van der Waals surface area contributed by atoms with Crippen LogP contribution in [0.3, 0.4) is 0 Å². The Balaban J connectivity index is 1.30. The first-order valence-corrected chi connectivity index (χ1v) is 13.4. The number of piperidine rings is 1. The van der Waals surface area contributed by atoms with Gasteiger partial charge >= 0.3 is 0 Å². The number of hydrogen-bond acceptors (Lipinski definition) is 3. The molecule has 1 N–H and O–H groups in total. The molecule has 190 valence electrons. The molecule has 2 heterocycles. The summed E-state index contributed by atoms with van der Waals surface area (Å²) in [5.41, 5.74) is 4.68.